The first-order valence-electron chi connectivity index (χ1n) is 21.7. The summed E-state index contributed by atoms with van der Waals surface area (Å²) in [6.45, 7) is 17.4. The number of phenols is 1. The van der Waals surface area contributed by atoms with E-state index in [1.165, 1.54) is 18.2 Å². The number of piperazine rings is 1. The molecule has 2 N–H and O–H groups in total. The number of phenolic OH excluding ortho intramolecular Hbond substituents is 1. The quantitative estimate of drug-likeness (QED) is 0.0563. The highest BCUT2D eigenvalue weighted by atomic mass is 35.5. The molecule has 0 spiro atoms. The highest BCUT2D eigenvalue weighted by Gasteiger charge is 2.47. The molecule has 0 saturated carbocycles. The van der Waals surface area contributed by atoms with Crippen molar-refractivity contribution in [2.24, 2.45) is 0 Å². The standard InChI is InChI=1S/C47H58ClN5O11/c1-5-41(44-31(3)46(58)53(47(44)59)38-12-14-43(56)49-45(38)57)64-25-24-62-23-22-61-21-20-50-16-18-51(19-17-50)34-11-9-32(37(48)27-34)10-13-39(54)36-26-33(42(63-6-2)28-40(36)55)29-52-15-7-8-35(52)30-60-4/h5,9-11,13,26-28,35,38,55H,1,3,6-8,12,14-25,29-30H2,2,4H3,(H,49,56,57)/b13-10+,44-41-/t35-,38?/m0/s1. The third kappa shape index (κ3) is 11.9. The lowest BCUT2D eigenvalue weighted by Crippen LogP contribution is -2.54. The molecule has 2 aromatic carbocycles. The number of piperidine rings is 1. The van der Waals surface area contributed by atoms with E-state index in [1.807, 2.05) is 25.1 Å². The van der Waals surface area contributed by atoms with Crippen molar-refractivity contribution >= 4 is 52.8 Å². The lowest BCUT2D eigenvalue weighted by molar-refractivity contribution is -0.149. The smallest absolute Gasteiger partial charge is 0.266 e. The van der Waals surface area contributed by atoms with Gasteiger partial charge >= 0.3 is 0 Å². The van der Waals surface area contributed by atoms with Gasteiger partial charge in [0, 0.05) is 86.8 Å². The number of halogens is 1. The Morgan fingerprint density at radius 2 is 1.72 bits per heavy atom. The SMILES string of the molecule is C=C/C(OCCOCCOCCN1CCN(c2ccc(/C=C/C(=O)c3cc(CN4CCC[C@H]4COC)c(OCC)cc3O)c(Cl)c2)CC1)=C1\C(=C)C(=O)N(C2CCC(=O)NC2=O)C1=O. The normalized spacial score (nSPS) is 20.7. The molecular weight excluding hydrogens is 846 g/mol. The Morgan fingerprint density at radius 1 is 0.969 bits per heavy atom. The molecular formula is C47H58ClN5O11. The Morgan fingerprint density at radius 3 is 2.42 bits per heavy atom. The minimum Gasteiger partial charge on any atom is -0.507 e. The van der Waals surface area contributed by atoms with Crippen LogP contribution in [0.3, 0.4) is 0 Å². The zero-order chi connectivity index (χ0) is 45.8. The van der Waals surface area contributed by atoms with Crippen LogP contribution in [0.15, 0.2) is 72.5 Å². The summed E-state index contributed by atoms with van der Waals surface area (Å²) in [6, 6.07) is 8.25. The zero-order valence-electron chi connectivity index (χ0n) is 36.6. The van der Waals surface area contributed by atoms with E-state index in [9.17, 15) is 29.1 Å². The first-order chi connectivity index (χ1) is 30.9. The van der Waals surface area contributed by atoms with Gasteiger partial charge in [0.1, 0.15) is 29.9 Å². The third-order valence-corrected chi connectivity index (χ3v) is 12.0. The number of carbonyl (C=O) groups is 5. The molecule has 64 heavy (non-hydrogen) atoms. The second kappa shape index (κ2) is 23.0. The lowest BCUT2D eigenvalue weighted by atomic mass is 10.0. The molecule has 6 rings (SSSR count). The number of nitrogens with zero attached hydrogens (tertiary/aromatic N) is 4. The predicted octanol–water partition coefficient (Wildman–Crippen LogP) is 4.29. The largest absolute Gasteiger partial charge is 0.507 e. The van der Waals surface area contributed by atoms with Crippen LogP contribution in [0.5, 0.6) is 11.5 Å². The Labute approximate surface area is 379 Å². The molecule has 4 aliphatic heterocycles. The van der Waals surface area contributed by atoms with Crippen LogP contribution in [-0.4, -0.2) is 154 Å². The first-order valence-corrected chi connectivity index (χ1v) is 22.1. The summed E-state index contributed by atoms with van der Waals surface area (Å²) in [5.74, 6) is -2.44. The molecule has 4 saturated heterocycles. The van der Waals surface area contributed by atoms with E-state index >= 15 is 0 Å². The van der Waals surface area contributed by atoms with Gasteiger partial charge in [0.05, 0.1) is 50.8 Å². The van der Waals surface area contributed by atoms with Crippen LogP contribution in [0.2, 0.25) is 5.02 Å². The number of allylic oxidation sites excluding steroid dienone is 2. The van der Waals surface area contributed by atoms with E-state index in [4.69, 9.17) is 35.3 Å². The average Bonchev–Trinajstić information content (AvgIpc) is 3.81. The number of rotatable bonds is 22. The number of nitrogens with one attached hydrogen (secondary N) is 1. The summed E-state index contributed by atoms with van der Waals surface area (Å²) in [7, 11) is 1.70. The summed E-state index contributed by atoms with van der Waals surface area (Å²) in [6.07, 6.45) is 6.59. The number of ether oxygens (including phenoxy) is 5. The van der Waals surface area contributed by atoms with Crippen LogP contribution in [0.4, 0.5) is 5.69 Å². The van der Waals surface area contributed by atoms with Crippen molar-refractivity contribution in [2.45, 2.75) is 51.2 Å². The van der Waals surface area contributed by atoms with Crippen molar-refractivity contribution in [3.8, 4) is 11.5 Å². The molecule has 4 amide bonds. The maximum absolute atomic E-state index is 13.4. The molecule has 4 aliphatic rings. The molecule has 0 aromatic heterocycles. The molecule has 344 valence electrons. The third-order valence-electron chi connectivity index (χ3n) is 11.7. The number of methoxy groups -OCH3 is 1. The van der Waals surface area contributed by atoms with Crippen molar-refractivity contribution in [1.29, 1.82) is 0 Å². The van der Waals surface area contributed by atoms with Crippen LogP contribution in [0.25, 0.3) is 6.08 Å². The van der Waals surface area contributed by atoms with Gasteiger partial charge in [-0.05, 0) is 74.7 Å². The van der Waals surface area contributed by atoms with Crippen LogP contribution in [0.1, 0.15) is 54.1 Å². The van der Waals surface area contributed by atoms with Crippen molar-refractivity contribution in [2.75, 3.05) is 97.5 Å². The number of carbonyl (C=O) groups excluding carboxylic acids is 5. The molecule has 1 unspecified atom stereocenters. The van der Waals surface area contributed by atoms with E-state index in [0.717, 1.165) is 68.3 Å². The molecule has 4 heterocycles. The van der Waals surface area contributed by atoms with Crippen molar-refractivity contribution < 1.29 is 52.8 Å². The molecule has 0 radical (unpaired) electrons. The molecule has 0 bridgehead atoms. The van der Waals surface area contributed by atoms with Gasteiger partial charge in [0.2, 0.25) is 11.8 Å². The number of aromatic hydroxyl groups is 1. The van der Waals surface area contributed by atoms with Crippen LogP contribution in [0, 0.1) is 0 Å². The van der Waals surface area contributed by atoms with Crippen LogP contribution >= 0.6 is 11.6 Å². The molecule has 2 atom stereocenters. The van der Waals surface area contributed by atoms with E-state index in [-0.39, 0.29) is 60.1 Å². The van der Waals surface area contributed by atoms with E-state index in [0.29, 0.717) is 62.0 Å². The minimum atomic E-state index is -1.10. The Balaban J connectivity index is 0.889. The second-order valence-electron chi connectivity index (χ2n) is 15.8. The van der Waals surface area contributed by atoms with Crippen LogP contribution in [-0.2, 0) is 44.7 Å². The van der Waals surface area contributed by atoms with E-state index < -0.39 is 29.7 Å². The van der Waals surface area contributed by atoms with E-state index in [2.05, 4.69) is 33.2 Å². The highest BCUT2D eigenvalue weighted by Crippen LogP contribution is 2.34. The molecule has 2 aromatic rings. The number of benzene rings is 2. The number of hydrogen-bond donors (Lipinski definition) is 2. The number of anilines is 1. The summed E-state index contributed by atoms with van der Waals surface area (Å²) in [5, 5.41) is 13.5. The Hall–Kier alpha value is -5.36. The highest BCUT2D eigenvalue weighted by molar-refractivity contribution is 6.32. The second-order valence-corrected chi connectivity index (χ2v) is 16.2. The first kappa shape index (κ1) is 48.1. The molecule has 4 fully saturated rings. The Kier molecular flexibility index (Phi) is 17.3. The number of amides is 4. The fourth-order valence-corrected chi connectivity index (χ4v) is 8.52. The predicted molar refractivity (Wildman–Crippen MR) is 240 cm³/mol. The number of imide groups is 2. The molecule has 17 heteroatoms. The maximum Gasteiger partial charge on any atom is 0.266 e. The number of likely N-dealkylation sites (tertiary alicyclic amines) is 2. The van der Waals surface area contributed by atoms with Gasteiger partial charge in [0.15, 0.2) is 5.78 Å². The zero-order valence-corrected chi connectivity index (χ0v) is 37.4. The van der Waals surface area contributed by atoms with Gasteiger partial charge in [-0.3, -0.25) is 44.0 Å². The van der Waals surface area contributed by atoms with Gasteiger partial charge in [0.25, 0.3) is 11.8 Å². The molecule has 0 aliphatic carbocycles. The summed E-state index contributed by atoms with van der Waals surface area (Å²) in [5.41, 5.74) is 2.55. The van der Waals surface area contributed by atoms with E-state index in [1.54, 1.807) is 19.3 Å². The number of ketones is 1. The van der Waals surface area contributed by atoms with Gasteiger partial charge in [-0.15, -0.1) is 0 Å². The van der Waals surface area contributed by atoms with Crippen LogP contribution < -0.4 is 15.0 Å². The topological polar surface area (TPSA) is 177 Å². The average molecular weight is 904 g/mol. The fourth-order valence-electron chi connectivity index (χ4n) is 8.28. The summed E-state index contributed by atoms with van der Waals surface area (Å²) >= 11 is 6.72. The van der Waals surface area contributed by atoms with Gasteiger partial charge in [-0.2, -0.15) is 0 Å². The fraction of sp³-hybridized carbons (Fsp3) is 0.468. The monoisotopic (exact) mass is 903 g/mol. The van der Waals surface area contributed by atoms with Gasteiger partial charge in [-0.1, -0.05) is 30.8 Å². The van der Waals surface area contributed by atoms with Crippen molar-refractivity contribution in [1.82, 2.24) is 20.0 Å². The number of hydrogen-bond acceptors (Lipinski definition) is 14. The Bertz CT molecular complexity index is 2150. The summed E-state index contributed by atoms with van der Waals surface area (Å²) < 4.78 is 28.4. The lowest BCUT2D eigenvalue weighted by Gasteiger charge is -2.36. The minimum absolute atomic E-state index is 0.0145. The van der Waals surface area contributed by atoms with Crippen molar-refractivity contribution in [3.63, 3.8) is 0 Å². The van der Waals surface area contributed by atoms with Gasteiger partial charge in [-0.25, -0.2) is 0 Å². The van der Waals surface area contributed by atoms with Gasteiger partial charge < -0.3 is 33.7 Å². The summed E-state index contributed by atoms with van der Waals surface area (Å²) in [4.78, 5) is 71.1. The van der Waals surface area contributed by atoms with Crippen molar-refractivity contribution in [3.05, 3.63) is 94.3 Å². The molecule has 16 nitrogen and oxygen atoms in total. The maximum atomic E-state index is 13.4.